The minimum Gasteiger partial charge on any atom is -0.454 e. The van der Waals surface area contributed by atoms with Crippen LogP contribution in [0.2, 0.25) is 0 Å². The van der Waals surface area contributed by atoms with Crippen LogP contribution in [0.1, 0.15) is 27.7 Å². The molecule has 2 aromatic carbocycles. The van der Waals surface area contributed by atoms with Crippen LogP contribution < -0.4 is 29.6 Å². The first-order valence-corrected chi connectivity index (χ1v) is 8.92. The summed E-state index contributed by atoms with van der Waals surface area (Å²) < 4.78 is 22.3. The van der Waals surface area contributed by atoms with Crippen LogP contribution in [0.25, 0.3) is 11.1 Å². The van der Waals surface area contributed by atoms with Crippen LogP contribution >= 0.6 is 0 Å². The molecule has 2 N–H and O–H groups in total. The minimum absolute atomic E-state index is 0.248. The molecular weight excluding hydrogens is 332 g/mol. The molecule has 0 spiro atoms. The monoisotopic (exact) mass is 356 g/mol. The second-order valence-corrected chi connectivity index (χ2v) is 7.10. The van der Waals surface area contributed by atoms with E-state index in [1.807, 2.05) is 24.3 Å². The van der Waals surface area contributed by atoms with Crippen molar-refractivity contribution < 1.29 is 18.9 Å². The second kappa shape index (κ2) is 6.52. The molecule has 2 aliphatic heterocycles. The molecule has 6 heteroatoms. The van der Waals surface area contributed by atoms with Crippen molar-refractivity contribution in [2.75, 3.05) is 24.2 Å². The van der Waals surface area contributed by atoms with Crippen LogP contribution in [0, 0.1) is 0 Å². The van der Waals surface area contributed by atoms with E-state index in [-0.39, 0.29) is 25.7 Å². The van der Waals surface area contributed by atoms with Gasteiger partial charge >= 0.3 is 0 Å². The zero-order valence-electron chi connectivity index (χ0n) is 15.5. The fraction of sp³-hybridized carbons (Fsp3) is 0.400. The number of benzene rings is 2. The van der Waals surface area contributed by atoms with Crippen LogP contribution in [-0.4, -0.2) is 25.7 Å². The van der Waals surface area contributed by atoms with E-state index in [2.05, 4.69) is 38.3 Å². The van der Waals surface area contributed by atoms with Gasteiger partial charge in [-0.2, -0.15) is 0 Å². The van der Waals surface area contributed by atoms with E-state index in [0.717, 1.165) is 45.5 Å². The third-order valence-corrected chi connectivity index (χ3v) is 4.20. The Hall–Kier alpha value is -2.76. The predicted octanol–water partition coefficient (Wildman–Crippen LogP) is 4.45. The summed E-state index contributed by atoms with van der Waals surface area (Å²) in [5.41, 5.74) is 4.05. The van der Waals surface area contributed by atoms with E-state index in [9.17, 15) is 0 Å². The number of anilines is 2. The molecule has 0 unspecified atom stereocenters. The third-order valence-electron chi connectivity index (χ3n) is 4.20. The predicted molar refractivity (Wildman–Crippen MR) is 102 cm³/mol. The summed E-state index contributed by atoms with van der Waals surface area (Å²) in [6.45, 7) is 8.95. The molecule has 0 saturated carbocycles. The van der Waals surface area contributed by atoms with Gasteiger partial charge in [0.2, 0.25) is 13.6 Å². The average Bonchev–Trinajstić information content (AvgIpc) is 3.20. The van der Waals surface area contributed by atoms with E-state index in [4.69, 9.17) is 18.9 Å². The standard InChI is InChI=1S/C20H24N2O4/c1-11(2)21-15-7-19-17(23-9-25-19)5-13(15)14-6-18-20(26-10-24-18)8-16(14)22-12(3)4/h5-8,11-12,21-22H,9-10H2,1-4H3. The SMILES string of the molecule is CC(C)Nc1cc2c(cc1-c1cc3c(cc1NC(C)C)OCO3)OCO2. The van der Waals surface area contributed by atoms with E-state index < -0.39 is 0 Å². The highest BCUT2D eigenvalue weighted by molar-refractivity contribution is 5.90. The molecule has 6 nitrogen and oxygen atoms in total. The Morgan fingerprint density at radius 1 is 0.615 bits per heavy atom. The summed E-state index contributed by atoms with van der Waals surface area (Å²) in [6, 6.07) is 8.61. The molecular formula is C20H24N2O4. The Morgan fingerprint density at radius 3 is 1.31 bits per heavy atom. The lowest BCUT2D eigenvalue weighted by Crippen LogP contribution is -2.12. The fourth-order valence-corrected chi connectivity index (χ4v) is 3.19. The zero-order chi connectivity index (χ0) is 18.3. The van der Waals surface area contributed by atoms with Gasteiger partial charge in [0.25, 0.3) is 0 Å². The lowest BCUT2D eigenvalue weighted by molar-refractivity contribution is 0.173. The van der Waals surface area contributed by atoms with E-state index in [1.54, 1.807) is 0 Å². The number of nitrogens with one attached hydrogen (secondary N) is 2. The maximum Gasteiger partial charge on any atom is 0.231 e. The summed E-state index contributed by atoms with van der Waals surface area (Å²) in [5.74, 6) is 3.02. The van der Waals surface area contributed by atoms with Crippen molar-refractivity contribution in [3.05, 3.63) is 24.3 Å². The molecule has 0 amide bonds. The lowest BCUT2D eigenvalue weighted by atomic mass is 9.99. The topological polar surface area (TPSA) is 61.0 Å². The van der Waals surface area contributed by atoms with Gasteiger partial charge in [-0.15, -0.1) is 0 Å². The van der Waals surface area contributed by atoms with Crippen LogP contribution in [0.5, 0.6) is 23.0 Å². The van der Waals surface area contributed by atoms with Crippen LogP contribution in [0.15, 0.2) is 24.3 Å². The maximum absolute atomic E-state index is 5.61. The van der Waals surface area contributed by atoms with Crippen LogP contribution in [0.3, 0.4) is 0 Å². The third kappa shape index (κ3) is 3.07. The number of hydrogen-bond donors (Lipinski definition) is 2. The Balaban J connectivity index is 1.88. The Bertz CT molecular complexity index is 764. The molecule has 0 radical (unpaired) electrons. The van der Waals surface area contributed by atoms with Gasteiger partial charge in [-0.1, -0.05) is 0 Å². The number of rotatable bonds is 5. The second-order valence-electron chi connectivity index (χ2n) is 7.10. The summed E-state index contributed by atoms with van der Waals surface area (Å²) in [4.78, 5) is 0. The molecule has 0 aliphatic carbocycles. The van der Waals surface area contributed by atoms with Gasteiger partial charge in [0.15, 0.2) is 23.0 Å². The van der Waals surface area contributed by atoms with Crippen molar-refractivity contribution in [2.24, 2.45) is 0 Å². The molecule has 26 heavy (non-hydrogen) atoms. The molecule has 2 aromatic rings. The van der Waals surface area contributed by atoms with Crippen molar-refractivity contribution in [3.63, 3.8) is 0 Å². The smallest absolute Gasteiger partial charge is 0.231 e. The quantitative estimate of drug-likeness (QED) is 0.825. The number of fused-ring (bicyclic) bond motifs is 2. The Morgan fingerprint density at radius 2 is 0.962 bits per heavy atom. The van der Waals surface area contributed by atoms with Gasteiger partial charge in [0.05, 0.1) is 0 Å². The number of hydrogen-bond acceptors (Lipinski definition) is 6. The molecule has 0 fully saturated rings. The molecule has 0 aromatic heterocycles. The molecule has 2 heterocycles. The summed E-state index contributed by atoms with van der Waals surface area (Å²) >= 11 is 0. The maximum atomic E-state index is 5.61. The van der Waals surface area contributed by atoms with Crippen LogP contribution in [-0.2, 0) is 0 Å². The van der Waals surface area contributed by atoms with E-state index in [0.29, 0.717) is 0 Å². The minimum atomic E-state index is 0.248. The molecule has 4 rings (SSSR count). The lowest BCUT2D eigenvalue weighted by Gasteiger charge is -2.20. The van der Waals surface area contributed by atoms with E-state index >= 15 is 0 Å². The Labute approximate surface area is 153 Å². The van der Waals surface area contributed by atoms with Crippen molar-refractivity contribution in [3.8, 4) is 34.1 Å². The van der Waals surface area contributed by atoms with Gasteiger partial charge in [-0.3, -0.25) is 0 Å². The Kier molecular flexibility index (Phi) is 4.18. The van der Waals surface area contributed by atoms with Gasteiger partial charge in [0.1, 0.15) is 0 Å². The highest BCUT2D eigenvalue weighted by Crippen LogP contribution is 2.47. The van der Waals surface area contributed by atoms with Gasteiger partial charge < -0.3 is 29.6 Å². The first kappa shape index (κ1) is 16.7. The van der Waals surface area contributed by atoms with Gasteiger partial charge in [0, 0.05) is 46.7 Å². The van der Waals surface area contributed by atoms with Crippen molar-refractivity contribution in [1.82, 2.24) is 0 Å². The highest BCUT2D eigenvalue weighted by Gasteiger charge is 2.23. The highest BCUT2D eigenvalue weighted by atomic mass is 16.7. The molecule has 0 bridgehead atoms. The summed E-state index contributed by atoms with van der Waals surface area (Å²) in [6.07, 6.45) is 0. The van der Waals surface area contributed by atoms with E-state index in [1.165, 1.54) is 0 Å². The largest absolute Gasteiger partial charge is 0.454 e. The first-order chi connectivity index (χ1) is 12.5. The summed E-state index contributed by atoms with van der Waals surface area (Å²) in [5, 5.41) is 7.03. The summed E-state index contributed by atoms with van der Waals surface area (Å²) in [7, 11) is 0. The molecule has 138 valence electrons. The number of ether oxygens (including phenoxy) is 4. The molecule has 0 saturated heterocycles. The molecule has 2 aliphatic rings. The van der Waals surface area contributed by atoms with Crippen molar-refractivity contribution >= 4 is 11.4 Å². The van der Waals surface area contributed by atoms with Crippen molar-refractivity contribution in [2.45, 2.75) is 39.8 Å². The average molecular weight is 356 g/mol. The van der Waals surface area contributed by atoms with Gasteiger partial charge in [-0.05, 0) is 39.8 Å². The first-order valence-electron chi connectivity index (χ1n) is 8.92. The van der Waals surface area contributed by atoms with Crippen molar-refractivity contribution in [1.29, 1.82) is 0 Å². The van der Waals surface area contributed by atoms with Crippen LogP contribution in [0.4, 0.5) is 11.4 Å². The normalized spacial score (nSPS) is 14.2. The van der Waals surface area contributed by atoms with Gasteiger partial charge in [-0.25, -0.2) is 0 Å². The molecule has 0 atom stereocenters. The fourth-order valence-electron chi connectivity index (χ4n) is 3.19. The zero-order valence-corrected chi connectivity index (χ0v) is 15.5.